The van der Waals surface area contributed by atoms with Gasteiger partial charge in [0, 0.05) is 18.7 Å². The Bertz CT molecular complexity index is 461. The molecule has 1 saturated heterocycles. The van der Waals surface area contributed by atoms with E-state index in [0.29, 0.717) is 11.5 Å². The molecular formula is C14H22N4O. The summed E-state index contributed by atoms with van der Waals surface area (Å²) in [4.78, 5) is 14.4. The zero-order valence-corrected chi connectivity index (χ0v) is 11.6. The Kier molecular flexibility index (Phi) is 4.39. The van der Waals surface area contributed by atoms with Gasteiger partial charge in [0.05, 0.1) is 5.69 Å². The average molecular weight is 262 g/mol. The van der Waals surface area contributed by atoms with Gasteiger partial charge < -0.3 is 15.6 Å². The number of anilines is 1. The third kappa shape index (κ3) is 3.45. The van der Waals surface area contributed by atoms with E-state index in [0.717, 1.165) is 37.3 Å². The fraction of sp³-hybridized carbons (Fsp3) is 0.500. The van der Waals surface area contributed by atoms with Crippen molar-refractivity contribution in [2.45, 2.75) is 13.3 Å². The molecule has 5 heteroatoms. The number of nitrogens with two attached hydrogens (primary N) is 1. The van der Waals surface area contributed by atoms with Crippen molar-refractivity contribution in [3.05, 3.63) is 29.3 Å². The number of hydrazine groups is 1. The van der Waals surface area contributed by atoms with E-state index in [4.69, 9.17) is 5.84 Å². The molecule has 5 nitrogen and oxygen atoms in total. The average Bonchev–Trinajstić information content (AvgIpc) is 2.81. The van der Waals surface area contributed by atoms with E-state index in [9.17, 15) is 4.79 Å². The number of nitrogen functional groups attached to an aromatic ring is 1. The van der Waals surface area contributed by atoms with Crippen LogP contribution in [0.5, 0.6) is 0 Å². The fourth-order valence-corrected chi connectivity index (χ4v) is 2.50. The predicted octanol–water partition coefficient (Wildman–Crippen LogP) is 0.962. The van der Waals surface area contributed by atoms with Crippen LogP contribution in [0.3, 0.4) is 0 Å². The van der Waals surface area contributed by atoms with E-state index in [-0.39, 0.29) is 5.91 Å². The summed E-state index contributed by atoms with van der Waals surface area (Å²) in [5.74, 6) is 5.93. The van der Waals surface area contributed by atoms with E-state index >= 15 is 0 Å². The van der Waals surface area contributed by atoms with Gasteiger partial charge in [-0.25, -0.2) is 0 Å². The van der Waals surface area contributed by atoms with Crippen LogP contribution in [-0.4, -0.2) is 37.5 Å². The monoisotopic (exact) mass is 262 g/mol. The van der Waals surface area contributed by atoms with Gasteiger partial charge in [0.25, 0.3) is 5.91 Å². The van der Waals surface area contributed by atoms with Crippen LogP contribution >= 0.6 is 0 Å². The summed E-state index contributed by atoms with van der Waals surface area (Å²) in [7, 11) is 2.11. The van der Waals surface area contributed by atoms with Crippen molar-refractivity contribution >= 4 is 11.6 Å². The number of carbonyl (C=O) groups is 1. The molecule has 0 radical (unpaired) electrons. The van der Waals surface area contributed by atoms with Crippen LogP contribution in [0, 0.1) is 12.8 Å². The lowest BCUT2D eigenvalue weighted by Crippen LogP contribution is -2.30. The molecule has 1 atom stereocenters. The van der Waals surface area contributed by atoms with Gasteiger partial charge in [-0.15, -0.1) is 0 Å². The highest BCUT2D eigenvalue weighted by atomic mass is 16.1. The van der Waals surface area contributed by atoms with E-state index < -0.39 is 0 Å². The lowest BCUT2D eigenvalue weighted by atomic mass is 10.1. The van der Waals surface area contributed by atoms with Crippen LogP contribution in [0.15, 0.2) is 18.2 Å². The molecule has 1 amide bonds. The van der Waals surface area contributed by atoms with Crippen LogP contribution in [0.1, 0.15) is 22.3 Å². The molecule has 0 spiro atoms. The van der Waals surface area contributed by atoms with Gasteiger partial charge in [-0.05, 0) is 56.6 Å². The molecule has 1 unspecified atom stereocenters. The molecule has 1 aliphatic rings. The number of rotatable bonds is 4. The molecule has 0 bridgehead atoms. The standard InChI is InChI=1S/C14H22N4O/c1-10-7-12(3-4-13(10)17-15)14(19)16-8-11-5-6-18(2)9-11/h3-4,7,11,17H,5-6,8-9,15H2,1-2H3,(H,16,19). The van der Waals surface area contributed by atoms with Crippen molar-refractivity contribution in [3.63, 3.8) is 0 Å². The Labute approximate surface area is 114 Å². The summed E-state index contributed by atoms with van der Waals surface area (Å²) in [6, 6.07) is 5.47. The van der Waals surface area contributed by atoms with Crippen molar-refractivity contribution in [1.29, 1.82) is 0 Å². The molecule has 1 aromatic rings. The lowest BCUT2D eigenvalue weighted by molar-refractivity contribution is 0.0947. The maximum absolute atomic E-state index is 12.1. The first kappa shape index (κ1) is 13.8. The number of benzene rings is 1. The normalized spacial score (nSPS) is 19.4. The highest BCUT2D eigenvalue weighted by Crippen LogP contribution is 2.16. The van der Waals surface area contributed by atoms with Gasteiger partial charge in [0.2, 0.25) is 0 Å². The second-order valence-electron chi connectivity index (χ2n) is 5.30. The van der Waals surface area contributed by atoms with Crippen LogP contribution in [0.25, 0.3) is 0 Å². The molecule has 1 fully saturated rings. The second-order valence-corrected chi connectivity index (χ2v) is 5.30. The maximum Gasteiger partial charge on any atom is 0.251 e. The van der Waals surface area contributed by atoms with Gasteiger partial charge in [-0.1, -0.05) is 0 Å². The number of hydrogen-bond donors (Lipinski definition) is 3. The first-order valence-corrected chi connectivity index (χ1v) is 6.64. The van der Waals surface area contributed by atoms with Crippen molar-refractivity contribution in [1.82, 2.24) is 10.2 Å². The zero-order valence-electron chi connectivity index (χ0n) is 11.6. The topological polar surface area (TPSA) is 70.4 Å². The molecule has 1 aromatic carbocycles. The molecule has 19 heavy (non-hydrogen) atoms. The molecule has 4 N–H and O–H groups in total. The Hall–Kier alpha value is -1.59. The van der Waals surface area contributed by atoms with Crippen LogP contribution in [0.4, 0.5) is 5.69 Å². The Morgan fingerprint density at radius 2 is 2.32 bits per heavy atom. The molecular weight excluding hydrogens is 240 g/mol. The first-order chi connectivity index (χ1) is 9.10. The first-order valence-electron chi connectivity index (χ1n) is 6.64. The number of nitrogens with zero attached hydrogens (tertiary/aromatic N) is 1. The highest BCUT2D eigenvalue weighted by molar-refractivity contribution is 5.94. The molecule has 2 rings (SSSR count). The summed E-state index contributed by atoms with van der Waals surface area (Å²) in [5.41, 5.74) is 5.10. The minimum Gasteiger partial charge on any atom is -0.352 e. The quantitative estimate of drug-likeness (QED) is 0.558. The largest absolute Gasteiger partial charge is 0.352 e. The molecule has 0 saturated carbocycles. The minimum atomic E-state index is -0.0128. The van der Waals surface area contributed by atoms with Crippen molar-refractivity contribution in [2.75, 3.05) is 32.1 Å². The summed E-state index contributed by atoms with van der Waals surface area (Å²) in [6.45, 7) is 4.86. The lowest BCUT2D eigenvalue weighted by Gasteiger charge is -2.12. The van der Waals surface area contributed by atoms with E-state index in [2.05, 4.69) is 22.7 Å². The maximum atomic E-state index is 12.1. The number of nitrogens with one attached hydrogen (secondary N) is 2. The molecule has 1 aliphatic heterocycles. The van der Waals surface area contributed by atoms with Crippen molar-refractivity contribution in [3.8, 4) is 0 Å². The van der Waals surface area contributed by atoms with Gasteiger partial charge in [-0.2, -0.15) is 0 Å². The smallest absolute Gasteiger partial charge is 0.251 e. The second kappa shape index (κ2) is 6.04. The summed E-state index contributed by atoms with van der Waals surface area (Å²) >= 11 is 0. The molecule has 0 aliphatic carbocycles. The van der Waals surface area contributed by atoms with Gasteiger partial charge in [0.15, 0.2) is 0 Å². The van der Waals surface area contributed by atoms with Crippen molar-refractivity contribution < 1.29 is 4.79 Å². The number of amides is 1. The van der Waals surface area contributed by atoms with E-state index in [1.807, 2.05) is 19.1 Å². The number of hydrogen-bond acceptors (Lipinski definition) is 4. The minimum absolute atomic E-state index is 0.0128. The van der Waals surface area contributed by atoms with Crippen LogP contribution < -0.4 is 16.6 Å². The summed E-state index contributed by atoms with van der Waals surface area (Å²) < 4.78 is 0. The van der Waals surface area contributed by atoms with Gasteiger partial charge in [-0.3, -0.25) is 10.6 Å². The summed E-state index contributed by atoms with van der Waals surface area (Å²) in [6.07, 6.45) is 1.16. The number of likely N-dealkylation sites (tertiary alicyclic amines) is 1. The fourth-order valence-electron chi connectivity index (χ4n) is 2.50. The van der Waals surface area contributed by atoms with E-state index in [1.165, 1.54) is 0 Å². The summed E-state index contributed by atoms with van der Waals surface area (Å²) in [5, 5.41) is 3.01. The van der Waals surface area contributed by atoms with E-state index in [1.54, 1.807) is 6.07 Å². The Morgan fingerprint density at radius 3 is 2.89 bits per heavy atom. The van der Waals surface area contributed by atoms with Crippen LogP contribution in [0.2, 0.25) is 0 Å². The third-order valence-electron chi connectivity index (χ3n) is 3.68. The van der Waals surface area contributed by atoms with Gasteiger partial charge in [0.1, 0.15) is 0 Å². The Morgan fingerprint density at radius 1 is 1.53 bits per heavy atom. The zero-order chi connectivity index (χ0) is 13.8. The number of aryl methyl sites for hydroxylation is 1. The Balaban J connectivity index is 1.91. The molecule has 104 valence electrons. The van der Waals surface area contributed by atoms with Crippen LogP contribution in [-0.2, 0) is 0 Å². The van der Waals surface area contributed by atoms with Crippen molar-refractivity contribution in [2.24, 2.45) is 11.8 Å². The molecule has 0 aromatic heterocycles. The number of carbonyl (C=O) groups excluding carboxylic acids is 1. The third-order valence-corrected chi connectivity index (χ3v) is 3.68. The SMILES string of the molecule is Cc1cc(C(=O)NCC2CCN(C)C2)ccc1NN. The van der Waals surface area contributed by atoms with Gasteiger partial charge >= 0.3 is 0 Å². The molecule has 1 heterocycles. The predicted molar refractivity (Wildman–Crippen MR) is 76.9 cm³/mol. The highest BCUT2D eigenvalue weighted by Gasteiger charge is 2.20.